The molecular weight excluding hydrogens is 314 g/mol. The second kappa shape index (κ2) is 7.16. The van der Waals surface area contributed by atoms with Gasteiger partial charge in [0.05, 0.1) is 12.1 Å². The maximum absolute atomic E-state index is 11.6. The normalized spacial score (nSPS) is 11.3. The van der Waals surface area contributed by atoms with E-state index in [1.807, 2.05) is 24.3 Å². The Morgan fingerprint density at radius 3 is 2.72 bits per heavy atom. The molecule has 1 aromatic rings. The monoisotopic (exact) mass is 331 g/mol. The van der Waals surface area contributed by atoms with Crippen molar-refractivity contribution in [3.8, 4) is 0 Å². The quantitative estimate of drug-likeness (QED) is 0.788. The third-order valence-corrected chi connectivity index (χ3v) is 4.33. The van der Waals surface area contributed by atoms with E-state index in [1.165, 1.54) is 0 Å². The molecular formula is C13H18BrNO2S. The molecule has 0 fully saturated rings. The molecule has 0 heterocycles. The van der Waals surface area contributed by atoms with E-state index in [1.54, 1.807) is 25.6 Å². The van der Waals surface area contributed by atoms with Gasteiger partial charge in [0.2, 0.25) is 5.91 Å². The number of hydrogen-bond acceptors (Lipinski definition) is 3. The molecule has 1 rings (SSSR count). The molecule has 0 bridgehead atoms. The Morgan fingerprint density at radius 2 is 2.11 bits per heavy atom. The van der Waals surface area contributed by atoms with Crippen LogP contribution in [0.25, 0.3) is 0 Å². The molecule has 0 aromatic heterocycles. The number of hydrogen-bond donors (Lipinski definition) is 2. The first-order chi connectivity index (χ1) is 8.44. The Balaban J connectivity index is 2.34. The lowest BCUT2D eigenvalue weighted by atomic mass is 10.1. The molecule has 5 heteroatoms. The van der Waals surface area contributed by atoms with E-state index in [0.717, 1.165) is 15.1 Å². The van der Waals surface area contributed by atoms with Gasteiger partial charge in [0.1, 0.15) is 0 Å². The molecule has 0 radical (unpaired) electrons. The molecule has 0 saturated carbocycles. The van der Waals surface area contributed by atoms with Gasteiger partial charge in [0, 0.05) is 21.5 Å². The van der Waals surface area contributed by atoms with Gasteiger partial charge in [-0.05, 0) is 41.9 Å². The van der Waals surface area contributed by atoms with Crippen molar-refractivity contribution in [1.29, 1.82) is 0 Å². The highest BCUT2D eigenvalue weighted by Gasteiger charge is 2.18. The Labute approximate surface area is 120 Å². The van der Waals surface area contributed by atoms with Gasteiger partial charge in [-0.15, -0.1) is 11.8 Å². The number of aliphatic hydroxyl groups is 1. The van der Waals surface area contributed by atoms with E-state index in [9.17, 15) is 4.79 Å². The minimum Gasteiger partial charge on any atom is -0.394 e. The van der Waals surface area contributed by atoms with Crippen LogP contribution in [-0.2, 0) is 4.79 Å². The van der Waals surface area contributed by atoms with Crippen LogP contribution < -0.4 is 5.32 Å². The van der Waals surface area contributed by atoms with Gasteiger partial charge in [-0.1, -0.05) is 12.1 Å². The zero-order valence-corrected chi connectivity index (χ0v) is 13.0. The van der Waals surface area contributed by atoms with Gasteiger partial charge < -0.3 is 10.4 Å². The fourth-order valence-corrected chi connectivity index (χ4v) is 2.81. The zero-order chi connectivity index (χ0) is 13.6. The van der Waals surface area contributed by atoms with Gasteiger partial charge in [0.25, 0.3) is 0 Å². The number of benzene rings is 1. The van der Waals surface area contributed by atoms with Crippen molar-refractivity contribution in [3.05, 3.63) is 28.7 Å². The summed E-state index contributed by atoms with van der Waals surface area (Å²) >= 11 is 5.11. The van der Waals surface area contributed by atoms with Gasteiger partial charge in [-0.25, -0.2) is 0 Å². The fourth-order valence-electron chi connectivity index (χ4n) is 1.29. The summed E-state index contributed by atoms with van der Waals surface area (Å²) in [6.07, 6.45) is 0.440. The number of halogens is 1. The van der Waals surface area contributed by atoms with Crippen LogP contribution >= 0.6 is 27.7 Å². The van der Waals surface area contributed by atoms with Crippen molar-refractivity contribution in [1.82, 2.24) is 5.32 Å². The van der Waals surface area contributed by atoms with E-state index < -0.39 is 5.54 Å². The molecule has 0 atom stereocenters. The number of carbonyl (C=O) groups excluding carboxylic acids is 1. The van der Waals surface area contributed by atoms with E-state index in [4.69, 9.17) is 5.11 Å². The maximum atomic E-state index is 11.6. The summed E-state index contributed by atoms with van der Waals surface area (Å²) in [4.78, 5) is 12.8. The topological polar surface area (TPSA) is 49.3 Å². The molecule has 1 amide bonds. The number of nitrogens with one attached hydrogen (secondary N) is 1. The maximum Gasteiger partial charge on any atom is 0.221 e. The fraction of sp³-hybridized carbons (Fsp3) is 0.462. The molecule has 100 valence electrons. The molecule has 0 aliphatic carbocycles. The van der Waals surface area contributed by atoms with Gasteiger partial charge in [0.15, 0.2) is 0 Å². The second-order valence-corrected chi connectivity index (χ2v) is 6.61. The molecule has 0 saturated heterocycles. The zero-order valence-electron chi connectivity index (χ0n) is 10.6. The first kappa shape index (κ1) is 15.5. The molecule has 0 spiro atoms. The number of carbonyl (C=O) groups is 1. The Kier molecular flexibility index (Phi) is 6.18. The molecule has 0 unspecified atom stereocenters. The SMILES string of the molecule is CC(C)(CO)NC(=O)CCSc1ccccc1Br. The largest absolute Gasteiger partial charge is 0.394 e. The first-order valence-corrected chi connectivity index (χ1v) is 7.52. The highest BCUT2D eigenvalue weighted by atomic mass is 79.9. The van der Waals surface area contributed by atoms with E-state index >= 15 is 0 Å². The Morgan fingerprint density at radius 1 is 1.44 bits per heavy atom. The van der Waals surface area contributed by atoms with E-state index in [-0.39, 0.29) is 12.5 Å². The van der Waals surface area contributed by atoms with Gasteiger partial charge in [-0.3, -0.25) is 4.79 Å². The number of aliphatic hydroxyl groups excluding tert-OH is 1. The molecule has 18 heavy (non-hydrogen) atoms. The van der Waals surface area contributed by atoms with Crippen LogP contribution in [0.3, 0.4) is 0 Å². The summed E-state index contributed by atoms with van der Waals surface area (Å²) < 4.78 is 1.05. The lowest BCUT2D eigenvalue weighted by molar-refractivity contribution is -0.122. The predicted octanol–water partition coefficient (Wildman–Crippen LogP) is 2.82. The van der Waals surface area contributed by atoms with Crippen LogP contribution in [0.15, 0.2) is 33.6 Å². The Hall–Kier alpha value is -0.520. The van der Waals surface area contributed by atoms with Crippen molar-refractivity contribution in [2.45, 2.75) is 30.7 Å². The minimum atomic E-state index is -0.547. The van der Waals surface area contributed by atoms with Crippen LogP contribution in [0.5, 0.6) is 0 Å². The predicted molar refractivity (Wildman–Crippen MR) is 78.8 cm³/mol. The van der Waals surface area contributed by atoms with Crippen molar-refractivity contribution < 1.29 is 9.90 Å². The van der Waals surface area contributed by atoms with Crippen LogP contribution in [0.1, 0.15) is 20.3 Å². The average Bonchev–Trinajstić information content (AvgIpc) is 2.31. The molecule has 1 aromatic carbocycles. The summed E-state index contributed by atoms with van der Waals surface area (Å²) in [6, 6.07) is 7.94. The van der Waals surface area contributed by atoms with Gasteiger partial charge >= 0.3 is 0 Å². The van der Waals surface area contributed by atoms with Crippen LogP contribution in [0.2, 0.25) is 0 Å². The lowest BCUT2D eigenvalue weighted by Crippen LogP contribution is -2.46. The van der Waals surface area contributed by atoms with E-state index in [0.29, 0.717) is 6.42 Å². The Bertz CT molecular complexity index is 410. The minimum absolute atomic E-state index is 0.0337. The summed E-state index contributed by atoms with van der Waals surface area (Å²) in [6.45, 7) is 3.54. The third kappa shape index (κ3) is 5.42. The van der Waals surface area contributed by atoms with E-state index in [2.05, 4.69) is 21.2 Å². The number of thioether (sulfide) groups is 1. The lowest BCUT2D eigenvalue weighted by Gasteiger charge is -2.23. The molecule has 3 nitrogen and oxygen atoms in total. The molecule has 2 N–H and O–H groups in total. The van der Waals surface area contributed by atoms with Crippen molar-refractivity contribution >= 4 is 33.6 Å². The van der Waals surface area contributed by atoms with Crippen LogP contribution in [-0.4, -0.2) is 28.9 Å². The summed E-state index contributed by atoms with van der Waals surface area (Å²) in [5.41, 5.74) is -0.547. The summed E-state index contributed by atoms with van der Waals surface area (Å²) in [5.74, 6) is 0.685. The van der Waals surface area contributed by atoms with Crippen molar-refractivity contribution in [2.75, 3.05) is 12.4 Å². The summed E-state index contributed by atoms with van der Waals surface area (Å²) in [7, 11) is 0. The smallest absolute Gasteiger partial charge is 0.221 e. The standard InChI is InChI=1S/C13H18BrNO2S/c1-13(2,9-16)15-12(17)7-8-18-11-6-4-3-5-10(11)14/h3-6,16H,7-9H2,1-2H3,(H,15,17). The van der Waals surface area contributed by atoms with Crippen LogP contribution in [0.4, 0.5) is 0 Å². The number of rotatable bonds is 6. The first-order valence-electron chi connectivity index (χ1n) is 5.74. The summed E-state index contributed by atoms with van der Waals surface area (Å²) in [5, 5.41) is 11.8. The van der Waals surface area contributed by atoms with Crippen molar-refractivity contribution in [2.24, 2.45) is 0 Å². The van der Waals surface area contributed by atoms with Crippen molar-refractivity contribution in [3.63, 3.8) is 0 Å². The molecule has 0 aliphatic rings. The third-order valence-electron chi connectivity index (χ3n) is 2.30. The highest BCUT2D eigenvalue weighted by Crippen LogP contribution is 2.27. The second-order valence-electron chi connectivity index (χ2n) is 4.62. The highest BCUT2D eigenvalue weighted by molar-refractivity contribution is 9.10. The average molecular weight is 332 g/mol. The number of amides is 1. The molecule has 0 aliphatic heterocycles. The van der Waals surface area contributed by atoms with Crippen LogP contribution in [0, 0.1) is 0 Å². The van der Waals surface area contributed by atoms with Gasteiger partial charge in [-0.2, -0.15) is 0 Å².